The van der Waals surface area contributed by atoms with Gasteiger partial charge in [-0.3, -0.25) is 0 Å². The highest BCUT2D eigenvalue weighted by molar-refractivity contribution is 4.45. The number of tetrazole rings is 1. The molecule has 0 N–H and O–H groups in total. The summed E-state index contributed by atoms with van der Waals surface area (Å²) in [5.74, 6) is 0. The Kier molecular flexibility index (Phi) is 3.58. The second kappa shape index (κ2) is 4.82. The van der Waals surface area contributed by atoms with E-state index in [1.54, 1.807) is 4.68 Å². The van der Waals surface area contributed by atoms with Crippen LogP contribution >= 0.6 is 0 Å². The Bertz CT molecular complexity index is 171. The number of aromatic nitrogens is 4. The van der Waals surface area contributed by atoms with Gasteiger partial charge >= 0.3 is 0 Å². The predicted molar refractivity (Wildman–Crippen MR) is 40.8 cm³/mol. The van der Waals surface area contributed by atoms with Gasteiger partial charge in [0, 0.05) is 6.54 Å². The Morgan fingerprint density at radius 1 is 1.27 bits per heavy atom. The van der Waals surface area contributed by atoms with Gasteiger partial charge in [0.05, 0.1) is 0 Å². The molecule has 1 radical (unpaired) electrons. The molecule has 0 saturated heterocycles. The first kappa shape index (κ1) is 8.17. The normalized spacial score (nSPS) is 10.3. The van der Waals surface area contributed by atoms with Gasteiger partial charge in [0.25, 0.3) is 0 Å². The number of rotatable bonds is 5. The second-order valence-corrected chi connectivity index (χ2v) is 2.56. The van der Waals surface area contributed by atoms with Gasteiger partial charge in [0.15, 0.2) is 0 Å². The van der Waals surface area contributed by atoms with E-state index >= 15 is 0 Å². The number of hydrogen-bond donors (Lipinski definition) is 0. The van der Waals surface area contributed by atoms with Crippen LogP contribution in [0, 0.1) is 6.33 Å². The van der Waals surface area contributed by atoms with Crippen molar-refractivity contribution in [1.82, 2.24) is 20.2 Å². The molecular weight excluding hydrogens is 140 g/mol. The van der Waals surface area contributed by atoms with Crippen LogP contribution in [0.5, 0.6) is 0 Å². The highest BCUT2D eigenvalue weighted by atomic mass is 15.5. The molecule has 0 aliphatic heterocycles. The molecule has 0 unspecified atom stereocenters. The van der Waals surface area contributed by atoms with Crippen molar-refractivity contribution < 1.29 is 0 Å². The molecule has 0 bridgehead atoms. The van der Waals surface area contributed by atoms with Crippen LogP contribution in [0.1, 0.15) is 32.6 Å². The van der Waals surface area contributed by atoms with Gasteiger partial charge in [-0.05, 0) is 16.8 Å². The van der Waals surface area contributed by atoms with Crippen LogP contribution in [-0.4, -0.2) is 20.2 Å². The highest BCUT2D eigenvalue weighted by Gasteiger charge is 1.92. The summed E-state index contributed by atoms with van der Waals surface area (Å²) in [4.78, 5) is 0. The average Bonchev–Trinajstić information content (AvgIpc) is 2.50. The third kappa shape index (κ3) is 3.11. The first-order chi connectivity index (χ1) is 5.43. The first-order valence-corrected chi connectivity index (χ1v) is 4.07. The lowest BCUT2D eigenvalue weighted by Gasteiger charge is -1.96. The van der Waals surface area contributed by atoms with Crippen LogP contribution in [0.25, 0.3) is 0 Å². The molecule has 0 spiro atoms. The lowest BCUT2D eigenvalue weighted by Crippen LogP contribution is -1.98. The fourth-order valence-electron chi connectivity index (χ4n) is 0.943. The Labute approximate surface area is 66.6 Å². The van der Waals surface area contributed by atoms with Crippen molar-refractivity contribution in [2.24, 2.45) is 0 Å². The summed E-state index contributed by atoms with van der Waals surface area (Å²) in [5.41, 5.74) is 0. The molecule has 0 fully saturated rings. The lowest BCUT2D eigenvalue weighted by atomic mass is 10.2. The van der Waals surface area contributed by atoms with Crippen molar-refractivity contribution in [2.75, 3.05) is 0 Å². The van der Waals surface area contributed by atoms with Gasteiger partial charge < -0.3 is 0 Å². The van der Waals surface area contributed by atoms with Crippen molar-refractivity contribution in [2.45, 2.75) is 39.2 Å². The number of nitrogens with zero attached hydrogens (tertiary/aromatic N) is 4. The smallest absolute Gasteiger partial charge is 0.221 e. The van der Waals surface area contributed by atoms with Gasteiger partial charge in [-0.1, -0.05) is 26.2 Å². The van der Waals surface area contributed by atoms with E-state index in [1.165, 1.54) is 19.3 Å². The average molecular weight is 153 g/mol. The van der Waals surface area contributed by atoms with E-state index in [4.69, 9.17) is 0 Å². The minimum Gasteiger partial charge on any atom is -0.223 e. The first-order valence-electron chi connectivity index (χ1n) is 4.07. The maximum atomic E-state index is 3.71. The molecule has 0 aliphatic rings. The van der Waals surface area contributed by atoms with Crippen molar-refractivity contribution in [3.63, 3.8) is 0 Å². The van der Waals surface area contributed by atoms with E-state index in [2.05, 4.69) is 28.8 Å². The van der Waals surface area contributed by atoms with E-state index < -0.39 is 0 Å². The summed E-state index contributed by atoms with van der Waals surface area (Å²) in [5, 5.41) is 10.6. The Balaban J connectivity index is 2.04. The molecule has 11 heavy (non-hydrogen) atoms. The van der Waals surface area contributed by atoms with Crippen LogP contribution in [-0.2, 0) is 6.54 Å². The Hall–Kier alpha value is -0.930. The molecule has 1 aromatic heterocycles. The molecular formula is C7H13N4. The van der Waals surface area contributed by atoms with Gasteiger partial charge in [0.1, 0.15) is 0 Å². The quantitative estimate of drug-likeness (QED) is 0.594. The molecule has 1 heterocycles. The second-order valence-electron chi connectivity index (χ2n) is 2.56. The topological polar surface area (TPSA) is 43.6 Å². The minimum atomic E-state index is 0.896. The summed E-state index contributed by atoms with van der Waals surface area (Å²) >= 11 is 0. The van der Waals surface area contributed by atoms with Crippen LogP contribution in [0.4, 0.5) is 0 Å². The molecule has 0 amide bonds. The largest absolute Gasteiger partial charge is 0.223 e. The minimum absolute atomic E-state index is 0.896. The summed E-state index contributed by atoms with van der Waals surface area (Å²) in [6.07, 6.45) is 7.62. The summed E-state index contributed by atoms with van der Waals surface area (Å²) in [6, 6.07) is 0. The van der Waals surface area contributed by atoms with Gasteiger partial charge in [-0.25, -0.2) is 4.68 Å². The van der Waals surface area contributed by atoms with Gasteiger partial charge in [-0.2, -0.15) is 0 Å². The van der Waals surface area contributed by atoms with E-state index in [0.717, 1.165) is 13.0 Å². The van der Waals surface area contributed by atoms with E-state index in [1.807, 2.05) is 0 Å². The van der Waals surface area contributed by atoms with E-state index in [9.17, 15) is 0 Å². The van der Waals surface area contributed by atoms with Gasteiger partial charge in [0.2, 0.25) is 6.33 Å². The third-order valence-electron chi connectivity index (χ3n) is 1.58. The molecule has 0 aromatic carbocycles. The zero-order chi connectivity index (χ0) is 7.94. The molecule has 1 rings (SSSR count). The fourth-order valence-corrected chi connectivity index (χ4v) is 0.943. The molecule has 0 aliphatic carbocycles. The highest BCUT2D eigenvalue weighted by Crippen LogP contribution is 1.99. The molecule has 0 saturated carbocycles. The molecule has 4 nitrogen and oxygen atoms in total. The van der Waals surface area contributed by atoms with E-state index in [0.29, 0.717) is 0 Å². The third-order valence-corrected chi connectivity index (χ3v) is 1.58. The van der Waals surface area contributed by atoms with Crippen molar-refractivity contribution in [1.29, 1.82) is 0 Å². The monoisotopic (exact) mass is 153 g/mol. The number of unbranched alkanes of at least 4 members (excludes halogenated alkanes) is 3. The molecule has 1 aromatic rings. The number of aryl methyl sites for hydroxylation is 1. The van der Waals surface area contributed by atoms with Crippen molar-refractivity contribution in [3.05, 3.63) is 6.33 Å². The van der Waals surface area contributed by atoms with Crippen molar-refractivity contribution in [3.8, 4) is 0 Å². The maximum absolute atomic E-state index is 3.71. The summed E-state index contributed by atoms with van der Waals surface area (Å²) in [7, 11) is 0. The fraction of sp³-hybridized carbons (Fsp3) is 0.857. The Morgan fingerprint density at radius 2 is 2.18 bits per heavy atom. The SMILES string of the molecule is CCCCCCn1[c]nnn1. The van der Waals surface area contributed by atoms with Crippen LogP contribution in [0.15, 0.2) is 0 Å². The summed E-state index contributed by atoms with van der Waals surface area (Å²) in [6.45, 7) is 3.09. The van der Waals surface area contributed by atoms with Crippen LogP contribution in [0.2, 0.25) is 0 Å². The molecule has 0 atom stereocenters. The van der Waals surface area contributed by atoms with Crippen LogP contribution < -0.4 is 0 Å². The predicted octanol–water partition coefficient (Wildman–Crippen LogP) is 1.05. The summed E-state index contributed by atoms with van der Waals surface area (Å²) < 4.78 is 1.65. The Morgan fingerprint density at radius 3 is 2.82 bits per heavy atom. The van der Waals surface area contributed by atoms with Crippen LogP contribution in [0.3, 0.4) is 0 Å². The molecule has 4 heteroatoms. The molecule has 61 valence electrons. The van der Waals surface area contributed by atoms with Gasteiger partial charge in [-0.15, -0.1) is 5.10 Å². The standard InChI is InChI=1S/C7H13N4/c1-2-3-4-5-6-11-7-8-9-10-11/h2-6H2,1H3. The zero-order valence-electron chi connectivity index (χ0n) is 6.82. The number of hydrogen-bond acceptors (Lipinski definition) is 3. The van der Waals surface area contributed by atoms with Crippen molar-refractivity contribution >= 4 is 0 Å². The maximum Gasteiger partial charge on any atom is 0.221 e. The zero-order valence-corrected chi connectivity index (χ0v) is 6.82. The van der Waals surface area contributed by atoms with E-state index in [-0.39, 0.29) is 0 Å². The lowest BCUT2D eigenvalue weighted by molar-refractivity contribution is 0.525.